The molecule has 0 saturated carbocycles. The third-order valence-electron chi connectivity index (χ3n) is 3.26. The fraction of sp³-hybridized carbons (Fsp3) is 0.400. The smallest absolute Gasteiger partial charge is 0.398 e. The van der Waals surface area contributed by atoms with Gasteiger partial charge in [0, 0.05) is 11.6 Å². The van der Waals surface area contributed by atoms with Crippen molar-refractivity contribution >= 4 is 6.08 Å². The van der Waals surface area contributed by atoms with Gasteiger partial charge in [-0.2, -0.15) is 0 Å². The molecule has 0 aromatic heterocycles. The first kappa shape index (κ1) is 12.5. The van der Waals surface area contributed by atoms with E-state index in [4.69, 9.17) is 9.47 Å². The molecule has 94 valence electrons. The zero-order valence-corrected chi connectivity index (χ0v) is 11.2. The third-order valence-corrected chi connectivity index (χ3v) is 3.26. The number of hydrogen-bond donors (Lipinski definition) is 0. The SMILES string of the molecule is CC1(C)OC(=NC#Cc2ccccc2)OC1(C)C. The molecule has 1 aromatic carbocycles. The summed E-state index contributed by atoms with van der Waals surface area (Å²) in [5, 5.41) is 0. The van der Waals surface area contributed by atoms with Gasteiger partial charge in [0.05, 0.1) is 0 Å². The van der Waals surface area contributed by atoms with Gasteiger partial charge in [-0.1, -0.05) is 18.2 Å². The molecule has 3 nitrogen and oxygen atoms in total. The van der Waals surface area contributed by atoms with Gasteiger partial charge in [-0.15, -0.1) is 4.99 Å². The zero-order chi connectivity index (χ0) is 13.2. The highest BCUT2D eigenvalue weighted by atomic mass is 16.7. The van der Waals surface area contributed by atoms with E-state index in [0.29, 0.717) is 0 Å². The molecule has 1 fully saturated rings. The standard InChI is InChI=1S/C15H17NO2/c1-14(2)15(3,4)18-13(17-14)16-11-10-12-8-6-5-7-9-12/h5-9H,1-4H3. The highest BCUT2D eigenvalue weighted by Crippen LogP contribution is 2.35. The highest BCUT2D eigenvalue weighted by molar-refractivity contribution is 5.71. The van der Waals surface area contributed by atoms with Crippen LogP contribution in [-0.4, -0.2) is 17.3 Å². The van der Waals surface area contributed by atoms with Gasteiger partial charge in [0.25, 0.3) is 0 Å². The lowest BCUT2D eigenvalue weighted by Gasteiger charge is -2.28. The first-order chi connectivity index (χ1) is 8.41. The molecule has 1 saturated heterocycles. The summed E-state index contributed by atoms with van der Waals surface area (Å²) in [6.45, 7) is 7.89. The molecule has 3 heteroatoms. The number of benzene rings is 1. The average molecular weight is 243 g/mol. The monoisotopic (exact) mass is 243 g/mol. The molecule has 0 spiro atoms. The summed E-state index contributed by atoms with van der Waals surface area (Å²) in [7, 11) is 0. The zero-order valence-electron chi connectivity index (χ0n) is 11.2. The predicted molar refractivity (Wildman–Crippen MR) is 71.1 cm³/mol. The van der Waals surface area contributed by atoms with Crippen molar-refractivity contribution in [3.63, 3.8) is 0 Å². The molecule has 0 N–H and O–H groups in total. The first-order valence-electron chi connectivity index (χ1n) is 5.92. The van der Waals surface area contributed by atoms with Crippen LogP contribution in [0.2, 0.25) is 0 Å². The molecule has 0 unspecified atom stereocenters. The molecular formula is C15H17NO2. The van der Waals surface area contributed by atoms with E-state index in [1.54, 1.807) is 0 Å². The van der Waals surface area contributed by atoms with Crippen molar-refractivity contribution < 1.29 is 9.47 Å². The summed E-state index contributed by atoms with van der Waals surface area (Å²) in [6.07, 6.45) is 0.244. The van der Waals surface area contributed by atoms with Crippen molar-refractivity contribution in [2.24, 2.45) is 4.99 Å². The molecular weight excluding hydrogens is 226 g/mol. The summed E-state index contributed by atoms with van der Waals surface area (Å²) >= 11 is 0. The van der Waals surface area contributed by atoms with Crippen molar-refractivity contribution in [1.29, 1.82) is 0 Å². The van der Waals surface area contributed by atoms with Crippen LogP contribution in [0.3, 0.4) is 0 Å². The Hall–Kier alpha value is -1.95. The van der Waals surface area contributed by atoms with E-state index >= 15 is 0 Å². The van der Waals surface area contributed by atoms with Crippen molar-refractivity contribution in [2.45, 2.75) is 38.9 Å². The quantitative estimate of drug-likeness (QED) is 0.656. The Morgan fingerprint density at radius 1 is 0.944 bits per heavy atom. The van der Waals surface area contributed by atoms with E-state index in [1.807, 2.05) is 58.0 Å². The van der Waals surface area contributed by atoms with Gasteiger partial charge < -0.3 is 9.47 Å². The Balaban J connectivity index is 2.12. The maximum Gasteiger partial charge on any atom is 0.398 e. The van der Waals surface area contributed by atoms with E-state index in [-0.39, 0.29) is 6.08 Å². The van der Waals surface area contributed by atoms with Crippen LogP contribution in [0, 0.1) is 12.0 Å². The predicted octanol–water partition coefficient (Wildman–Crippen LogP) is 2.96. The summed E-state index contributed by atoms with van der Waals surface area (Å²) < 4.78 is 11.3. The third kappa shape index (κ3) is 2.48. The van der Waals surface area contributed by atoms with Gasteiger partial charge in [0.15, 0.2) is 0 Å². The second-order valence-electron chi connectivity index (χ2n) is 5.21. The Bertz CT molecular complexity index is 500. The van der Waals surface area contributed by atoms with Crippen molar-refractivity contribution in [3.05, 3.63) is 35.9 Å². The van der Waals surface area contributed by atoms with Crippen LogP contribution in [0.1, 0.15) is 33.3 Å². The van der Waals surface area contributed by atoms with Crippen LogP contribution in [0.5, 0.6) is 0 Å². The first-order valence-corrected chi connectivity index (χ1v) is 5.92. The van der Waals surface area contributed by atoms with Gasteiger partial charge in [-0.25, -0.2) is 0 Å². The van der Waals surface area contributed by atoms with E-state index < -0.39 is 11.2 Å². The van der Waals surface area contributed by atoms with Crippen LogP contribution in [-0.2, 0) is 9.47 Å². The Kier molecular flexibility index (Phi) is 3.04. The van der Waals surface area contributed by atoms with E-state index in [9.17, 15) is 0 Å². The van der Waals surface area contributed by atoms with Crippen molar-refractivity contribution in [2.75, 3.05) is 0 Å². The second kappa shape index (κ2) is 4.38. The molecule has 0 bridgehead atoms. The summed E-state index contributed by atoms with van der Waals surface area (Å²) in [6, 6.07) is 12.4. The number of aliphatic imine (C=N–C) groups is 1. The highest BCUT2D eigenvalue weighted by Gasteiger charge is 2.49. The van der Waals surface area contributed by atoms with Crippen molar-refractivity contribution in [3.8, 4) is 12.0 Å². The largest absolute Gasteiger partial charge is 0.440 e. The minimum absolute atomic E-state index is 0.244. The topological polar surface area (TPSA) is 30.8 Å². The Morgan fingerprint density at radius 3 is 2.06 bits per heavy atom. The van der Waals surface area contributed by atoms with Gasteiger partial charge in [0.1, 0.15) is 11.2 Å². The Labute approximate surface area is 108 Å². The number of nitrogens with zero attached hydrogens (tertiary/aromatic N) is 1. The van der Waals surface area contributed by atoms with Crippen LogP contribution in [0.15, 0.2) is 35.3 Å². The molecule has 18 heavy (non-hydrogen) atoms. The molecule has 1 aliphatic heterocycles. The van der Waals surface area contributed by atoms with Gasteiger partial charge in [-0.05, 0) is 45.7 Å². The van der Waals surface area contributed by atoms with E-state index in [1.165, 1.54) is 0 Å². The lowest BCUT2D eigenvalue weighted by Crippen LogP contribution is -2.41. The lowest BCUT2D eigenvalue weighted by molar-refractivity contribution is 0.00578. The van der Waals surface area contributed by atoms with Crippen LogP contribution >= 0.6 is 0 Å². The number of ether oxygens (including phenoxy) is 2. The van der Waals surface area contributed by atoms with Crippen LogP contribution in [0.4, 0.5) is 0 Å². The van der Waals surface area contributed by atoms with Crippen molar-refractivity contribution in [1.82, 2.24) is 0 Å². The fourth-order valence-corrected chi connectivity index (χ4v) is 1.41. The minimum Gasteiger partial charge on any atom is -0.440 e. The lowest BCUT2D eigenvalue weighted by atomic mass is 9.90. The van der Waals surface area contributed by atoms with E-state index in [2.05, 4.69) is 17.0 Å². The fourth-order valence-electron chi connectivity index (χ4n) is 1.41. The molecule has 1 heterocycles. The Morgan fingerprint density at radius 2 is 1.50 bits per heavy atom. The second-order valence-corrected chi connectivity index (χ2v) is 5.21. The summed E-state index contributed by atoms with van der Waals surface area (Å²) in [5.41, 5.74) is 0.110. The van der Waals surface area contributed by atoms with Gasteiger partial charge in [0.2, 0.25) is 0 Å². The molecule has 0 aliphatic carbocycles. The summed E-state index contributed by atoms with van der Waals surface area (Å²) in [5.74, 6) is 2.93. The molecule has 0 radical (unpaired) electrons. The molecule has 0 amide bonds. The maximum atomic E-state index is 5.63. The van der Waals surface area contributed by atoms with Gasteiger partial charge >= 0.3 is 6.08 Å². The van der Waals surface area contributed by atoms with Crippen LogP contribution in [0.25, 0.3) is 0 Å². The average Bonchev–Trinajstić information content (AvgIpc) is 2.49. The summed E-state index contributed by atoms with van der Waals surface area (Å²) in [4.78, 5) is 4.02. The molecule has 0 atom stereocenters. The maximum absolute atomic E-state index is 5.63. The van der Waals surface area contributed by atoms with E-state index in [0.717, 1.165) is 5.56 Å². The molecule has 1 aliphatic rings. The molecule has 1 aromatic rings. The number of rotatable bonds is 0. The normalized spacial score (nSPS) is 19.2. The number of hydrogen-bond acceptors (Lipinski definition) is 3. The van der Waals surface area contributed by atoms with Gasteiger partial charge in [-0.3, -0.25) is 0 Å². The minimum atomic E-state index is -0.403. The van der Waals surface area contributed by atoms with Crippen LogP contribution < -0.4 is 0 Å². The molecule has 2 rings (SSSR count).